The molecular weight excluding hydrogens is 346 g/mol. The summed E-state index contributed by atoms with van der Waals surface area (Å²) < 4.78 is 10.5. The fourth-order valence-corrected chi connectivity index (χ4v) is 3.41. The third-order valence-corrected chi connectivity index (χ3v) is 4.61. The first kappa shape index (κ1) is 21.2. The summed E-state index contributed by atoms with van der Waals surface area (Å²) in [6.07, 6.45) is 1.12. The van der Waals surface area contributed by atoms with Gasteiger partial charge in [0, 0.05) is 5.92 Å². The highest BCUT2D eigenvalue weighted by atomic mass is 16.6. The molecule has 0 spiro atoms. The molecule has 1 heterocycles. The molecule has 1 unspecified atom stereocenters. The van der Waals surface area contributed by atoms with Gasteiger partial charge in [-0.25, -0.2) is 9.59 Å². The van der Waals surface area contributed by atoms with Crippen LogP contribution in [0.1, 0.15) is 52.5 Å². The first-order valence-electron chi connectivity index (χ1n) is 9.63. The molecule has 0 aromatic heterocycles. The van der Waals surface area contributed by atoms with E-state index in [1.807, 2.05) is 18.2 Å². The van der Waals surface area contributed by atoms with Crippen LogP contribution in [0, 0.1) is 5.92 Å². The van der Waals surface area contributed by atoms with Gasteiger partial charge in [-0.2, -0.15) is 0 Å². The lowest BCUT2D eigenvalue weighted by Gasteiger charge is -2.30. The molecule has 1 aromatic rings. The monoisotopic (exact) mass is 377 g/mol. The molecule has 1 aliphatic heterocycles. The van der Waals surface area contributed by atoms with E-state index in [0.717, 1.165) is 17.7 Å². The number of ether oxygens (including phenoxy) is 2. The first-order valence-corrected chi connectivity index (χ1v) is 9.63. The van der Waals surface area contributed by atoms with Crippen molar-refractivity contribution in [3.8, 4) is 0 Å². The van der Waals surface area contributed by atoms with Crippen LogP contribution in [0.5, 0.6) is 0 Å². The summed E-state index contributed by atoms with van der Waals surface area (Å²) in [4.78, 5) is 26.0. The van der Waals surface area contributed by atoms with Crippen LogP contribution >= 0.6 is 0 Å². The zero-order valence-electron chi connectivity index (χ0n) is 16.7. The third kappa shape index (κ3) is 5.96. The van der Waals surface area contributed by atoms with E-state index in [1.54, 1.807) is 27.7 Å². The Morgan fingerprint density at radius 3 is 2.48 bits per heavy atom. The maximum absolute atomic E-state index is 12.6. The molecule has 6 nitrogen and oxygen atoms in total. The number of amides is 1. The van der Waals surface area contributed by atoms with Crippen molar-refractivity contribution in [1.29, 1.82) is 0 Å². The second-order valence-electron chi connectivity index (χ2n) is 7.94. The Bertz CT molecular complexity index is 625. The van der Waals surface area contributed by atoms with Crippen molar-refractivity contribution < 1.29 is 24.2 Å². The number of carbonyl (C=O) groups excluding carboxylic acids is 2. The van der Waals surface area contributed by atoms with E-state index < -0.39 is 29.9 Å². The maximum Gasteiger partial charge on any atom is 0.413 e. The summed E-state index contributed by atoms with van der Waals surface area (Å²) in [5.74, 6) is -0.677. The molecule has 0 saturated carbocycles. The summed E-state index contributed by atoms with van der Waals surface area (Å²) >= 11 is 0. The number of nitrogens with zero attached hydrogens (tertiary/aromatic N) is 1. The molecule has 27 heavy (non-hydrogen) atoms. The second kappa shape index (κ2) is 9.22. The van der Waals surface area contributed by atoms with Gasteiger partial charge >= 0.3 is 12.1 Å². The van der Waals surface area contributed by atoms with Crippen LogP contribution in [-0.2, 0) is 20.7 Å². The summed E-state index contributed by atoms with van der Waals surface area (Å²) in [5, 5.41) is 10.7. The lowest BCUT2D eigenvalue weighted by Crippen LogP contribution is -2.48. The summed E-state index contributed by atoms with van der Waals surface area (Å²) in [7, 11) is 0. The van der Waals surface area contributed by atoms with Gasteiger partial charge in [0.25, 0.3) is 0 Å². The van der Waals surface area contributed by atoms with E-state index in [9.17, 15) is 14.7 Å². The largest absolute Gasteiger partial charge is 0.464 e. The molecule has 2 rings (SSSR count). The highest BCUT2D eigenvalue weighted by molar-refractivity contribution is 5.82. The van der Waals surface area contributed by atoms with Crippen molar-refractivity contribution in [3.05, 3.63) is 35.9 Å². The highest BCUT2D eigenvalue weighted by Crippen LogP contribution is 2.34. The van der Waals surface area contributed by atoms with Crippen LogP contribution in [0.3, 0.4) is 0 Å². The third-order valence-electron chi connectivity index (χ3n) is 4.61. The van der Waals surface area contributed by atoms with Gasteiger partial charge in [-0.05, 0) is 58.9 Å². The van der Waals surface area contributed by atoms with Crippen LogP contribution in [0.15, 0.2) is 30.3 Å². The van der Waals surface area contributed by atoms with E-state index in [0.29, 0.717) is 12.8 Å². The number of aliphatic hydroxyl groups excluding tert-OH is 1. The lowest BCUT2D eigenvalue weighted by atomic mass is 9.96. The Balaban J connectivity index is 2.04. The van der Waals surface area contributed by atoms with Crippen LogP contribution in [0.2, 0.25) is 0 Å². The van der Waals surface area contributed by atoms with Crippen LogP contribution in [-0.4, -0.2) is 46.5 Å². The maximum atomic E-state index is 12.6. The van der Waals surface area contributed by atoms with Gasteiger partial charge in [0.1, 0.15) is 17.9 Å². The SMILES string of the molecule is CCOC(=O)[C@@H]1C[C@@H](CCCc2ccccc2)C(O)N1C(=O)OC(C)(C)C. The lowest BCUT2D eigenvalue weighted by molar-refractivity contribution is -0.150. The topological polar surface area (TPSA) is 76.1 Å². The summed E-state index contributed by atoms with van der Waals surface area (Å²) in [6.45, 7) is 7.21. The van der Waals surface area contributed by atoms with Crippen molar-refractivity contribution in [1.82, 2.24) is 4.90 Å². The van der Waals surface area contributed by atoms with Crippen molar-refractivity contribution >= 4 is 12.1 Å². The molecule has 150 valence electrons. The number of carbonyl (C=O) groups is 2. The van der Waals surface area contributed by atoms with E-state index in [1.165, 1.54) is 5.56 Å². The molecule has 0 bridgehead atoms. The number of hydrogen-bond acceptors (Lipinski definition) is 5. The zero-order valence-corrected chi connectivity index (χ0v) is 16.7. The van der Waals surface area contributed by atoms with E-state index in [4.69, 9.17) is 9.47 Å². The standard InChI is InChI=1S/C21H31NO5/c1-5-26-19(24)17-14-16(13-9-12-15-10-7-6-8-11-15)18(23)22(17)20(25)27-21(2,3)4/h6-8,10-11,16-18,23H,5,9,12-14H2,1-4H3/t16-,17+,18?/m1/s1. The van der Waals surface area contributed by atoms with Gasteiger partial charge in [0.05, 0.1) is 6.61 Å². The molecule has 1 N–H and O–H groups in total. The van der Waals surface area contributed by atoms with E-state index >= 15 is 0 Å². The number of likely N-dealkylation sites (tertiary alicyclic amines) is 1. The van der Waals surface area contributed by atoms with Gasteiger partial charge in [-0.3, -0.25) is 4.90 Å². The molecule has 1 fully saturated rings. The van der Waals surface area contributed by atoms with Crippen molar-refractivity contribution in [2.24, 2.45) is 5.92 Å². The molecule has 3 atom stereocenters. The van der Waals surface area contributed by atoms with Gasteiger partial charge in [-0.15, -0.1) is 0 Å². The fraction of sp³-hybridized carbons (Fsp3) is 0.619. The fourth-order valence-electron chi connectivity index (χ4n) is 3.41. The average Bonchev–Trinajstić information content (AvgIpc) is 2.91. The van der Waals surface area contributed by atoms with E-state index in [2.05, 4.69) is 12.1 Å². The Kier molecular flexibility index (Phi) is 7.25. The number of hydrogen-bond donors (Lipinski definition) is 1. The number of benzene rings is 1. The Morgan fingerprint density at radius 2 is 1.89 bits per heavy atom. The van der Waals surface area contributed by atoms with Crippen molar-refractivity contribution in [3.63, 3.8) is 0 Å². The van der Waals surface area contributed by atoms with Gasteiger partial charge < -0.3 is 14.6 Å². The summed E-state index contributed by atoms with van der Waals surface area (Å²) in [6, 6.07) is 9.31. The molecular formula is C21H31NO5. The molecule has 6 heteroatoms. The Hall–Kier alpha value is -2.08. The first-order chi connectivity index (χ1) is 12.7. The summed E-state index contributed by atoms with van der Waals surface area (Å²) in [5.41, 5.74) is 0.525. The van der Waals surface area contributed by atoms with Gasteiger partial charge in [0.15, 0.2) is 0 Å². The minimum Gasteiger partial charge on any atom is -0.464 e. The normalized spacial score (nSPS) is 22.6. The van der Waals surface area contributed by atoms with Crippen LogP contribution < -0.4 is 0 Å². The minimum absolute atomic E-state index is 0.185. The molecule has 0 aliphatic carbocycles. The Morgan fingerprint density at radius 1 is 1.22 bits per heavy atom. The second-order valence-corrected chi connectivity index (χ2v) is 7.94. The quantitative estimate of drug-likeness (QED) is 0.768. The number of aryl methyl sites for hydroxylation is 1. The van der Waals surface area contributed by atoms with Gasteiger partial charge in [0.2, 0.25) is 0 Å². The van der Waals surface area contributed by atoms with Crippen molar-refractivity contribution in [2.45, 2.75) is 71.2 Å². The average molecular weight is 377 g/mol. The molecule has 1 aromatic carbocycles. The molecule has 0 radical (unpaired) electrons. The molecule has 1 amide bonds. The predicted octanol–water partition coefficient (Wildman–Crippen LogP) is 3.52. The van der Waals surface area contributed by atoms with Gasteiger partial charge in [-0.1, -0.05) is 30.3 Å². The number of aliphatic hydroxyl groups is 1. The Labute approximate surface area is 161 Å². The number of rotatable bonds is 6. The molecule has 1 aliphatic rings. The smallest absolute Gasteiger partial charge is 0.413 e. The van der Waals surface area contributed by atoms with Crippen molar-refractivity contribution in [2.75, 3.05) is 6.61 Å². The van der Waals surface area contributed by atoms with Crippen LogP contribution in [0.4, 0.5) is 4.79 Å². The predicted molar refractivity (Wildman–Crippen MR) is 102 cm³/mol. The molecule has 1 saturated heterocycles. The minimum atomic E-state index is -1.05. The van der Waals surface area contributed by atoms with Crippen LogP contribution in [0.25, 0.3) is 0 Å². The number of esters is 1. The van der Waals surface area contributed by atoms with E-state index in [-0.39, 0.29) is 12.5 Å². The zero-order chi connectivity index (χ0) is 20.0. The highest BCUT2D eigenvalue weighted by Gasteiger charge is 2.48.